The van der Waals surface area contributed by atoms with Gasteiger partial charge >= 0.3 is 0 Å². The third-order valence-electron chi connectivity index (χ3n) is 4.09. The maximum Gasteiger partial charge on any atom is 0.262 e. The fraction of sp³-hybridized carbons (Fsp3) is 0.278. The normalized spacial score (nSPS) is 12.3. The van der Waals surface area contributed by atoms with Crippen LogP contribution >= 0.6 is 0 Å². The number of carbonyl (C=O) groups excluding carboxylic acids is 1. The van der Waals surface area contributed by atoms with Gasteiger partial charge in [-0.2, -0.15) is 0 Å². The van der Waals surface area contributed by atoms with E-state index in [9.17, 15) is 13.2 Å². The number of amides is 1. The van der Waals surface area contributed by atoms with Crippen LogP contribution in [0.3, 0.4) is 0 Å². The van der Waals surface area contributed by atoms with Crippen molar-refractivity contribution in [3.05, 3.63) is 54.1 Å². The summed E-state index contributed by atoms with van der Waals surface area (Å²) in [5, 5.41) is 0. The van der Waals surface area contributed by atoms with Crippen molar-refractivity contribution in [3.63, 3.8) is 0 Å². The van der Waals surface area contributed by atoms with Crippen molar-refractivity contribution < 1.29 is 17.9 Å². The molecule has 0 aliphatic heterocycles. The molecule has 1 unspecified atom stereocenters. The van der Waals surface area contributed by atoms with Crippen LogP contribution in [0, 0.1) is 0 Å². The van der Waals surface area contributed by atoms with E-state index in [1.54, 1.807) is 31.3 Å². The number of nitrogens with two attached hydrogens (primary N) is 1. The van der Waals surface area contributed by atoms with Crippen molar-refractivity contribution in [1.29, 1.82) is 0 Å². The summed E-state index contributed by atoms with van der Waals surface area (Å²) in [6.45, 7) is 2.19. The molecule has 0 fully saturated rings. The number of methoxy groups -OCH3 is 1. The largest absolute Gasteiger partial charge is 0.495 e. The molecule has 0 saturated heterocycles. The third kappa shape index (κ3) is 4.33. The van der Waals surface area contributed by atoms with E-state index in [-0.39, 0.29) is 16.8 Å². The monoisotopic (exact) mass is 377 g/mol. The first-order valence-corrected chi connectivity index (χ1v) is 9.51. The number of hydrogen-bond acceptors (Lipinski definition) is 5. The van der Waals surface area contributed by atoms with Crippen LogP contribution in [0.1, 0.15) is 17.3 Å². The summed E-state index contributed by atoms with van der Waals surface area (Å²) in [7, 11) is -0.679. The van der Waals surface area contributed by atoms with Gasteiger partial charge in [-0.1, -0.05) is 12.1 Å². The molecule has 0 aliphatic carbocycles. The van der Waals surface area contributed by atoms with E-state index in [0.29, 0.717) is 23.5 Å². The molecule has 0 bridgehead atoms. The molecule has 2 aromatic rings. The quantitative estimate of drug-likeness (QED) is 0.767. The lowest BCUT2D eigenvalue weighted by atomic mass is 10.2. The highest BCUT2D eigenvalue weighted by Crippen LogP contribution is 2.26. The fourth-order valence-corrected chi connectivity index (χ4v) is 3.34. The van der Waals surface area contributed by atoms with Gasteiger partial charge in [-0.15, -0.1) is 0 Å². The number of likely N-dealkylation sites (N-methyl/N-ethyl adjacent to an activating group) is 1. The Morgan fingerprint density at radius 1 is 1.19 bits per heavy atom. The minimum Gasteiger partial charge on any atom is -0.495 e. The molecule has 2 rings (SSSR count). The summed E-state index contributed by atoms with van der Waals surface area (Å²) in [6, 6.07) is 12.4. The number of sulfonamides is 1. The lowest BCUT2D eigenvalue weighted by Crippen LogP contribution is -2.39. The van der Waals surface area contributed by atoms with E-state index in [0.717, 1.165) is 0 Å². The maximum absolute atomic E-state index is 12.6. The van der Waals surface area contributed by atoms with Crippen LogP contribution in [0.4, 0.5) is 5.69 Å². The van der Waals surface area contributed by atoms with Crippen molar-refractivity contribution in [3.8, 4) is 5.75 Å². The van der Waals surface area contributed by atoms with Crippen molar-refractivity contribution in [1.82, 2.24) is 4.90 Å². The molecule has 2 aromatic carbocycles. The van der Waals surface area contributed by atoms with Crippen LogP contribution in [-0.4, -0.2) is 46.0 Å². The standard InChI is InChI=1S/C18H23N3O4S/c1-13(12-19)21(2)18(22)14-8-10-15(11-9-14)26(23,24)20-16-6-4-5-7-17(16)25-3/h4-11,13,20H,12,19H2,1-3H3. The molecule has 0 spiro atoms. The smallest absolute Gasteiger partial charge is 0.262 e. The SMILES string of the molecule is COc1ccccc1NS(=O)(=O)c1ccc(C(=O)N(C)C(C)CN)cc1. The van der Waals surface area contributed by atoms with Crippen LogP contribution < -0.4 is 15.2 Å². The fourth-order valence-electron chi connectivity index (χ4n) is 2.27. The molecule has 8 heteroatoms. The maximum atomic E-state index is 12.6. The number of anilines is 1. The van der Waals surface area contributed by atoms with E-state index in [1.807, 2.05) is 6.92 Å². The highest BCUT2D eigenvalue weighted by atomic mass is 32.2. The molecular formula is C18H23N3O4S. The lowest BCUT2D eigenvalue weighted by molar-refractivity contribution is 0.0748. The number of nitrogens with one attached hydrogen (secondary N) is 1. The molecule has 0 saturated carbocycles. The number of ether oxygens (including phenoxy) is 1. The highest BCUT2D eigenvalue weighted by molar-refractivity contribution is 7.92. The number of carbonyl (C=O) groups is 1. The molecular weight excluding hydrogens is 354 g/mol. The molecule has 7 nitrogen and oxygen atoms in total. The summed E-state index contributed by atoms with van der Waals surface area (Å²) in [6.07, 6.45) is 0. The van der Waals surface area contributed by atoms with Gasteiger partial charge in [0.15, 0.2) is 0 Å². The van der Waals surface area contributed by atoms with Crippen LogP contribution in [-0.2, 0) is 10.0 Å². The molecule has 0 aliphatic rings. The first-order valence-electron chi connectivity index (χ1n) is 8.03. The second-order valence-corrected chi connectivity index (χ2v) is 7.51. The number of para-hydroxylation sites is 2. The van der Waals surface area contributed by atoms with Crippen molar-refractivity contribution in [2.24, 2.45) is 5.73 Å². The Kier molecular flexibility index (Phi) is 6.23. The van der Waals surface area contributed by atoms with Gasteiger partial charge in [-0.3, -0.25) is 9.52 Å². The summed E-state index contributed by atoms with van der Waals surface area (Å²) < 4.78 is 32.8. The van der Waals surface area contributed by atoms with Crippen LogP contribution in [0.5, 0.6) is 5.75 Å². The van der Waals surface area contributed by atoms with Crippen LogP contribution in [0.2, 0.25) is 0 Å². The molecule has 26 heavy (non-hydrogen) atoms. The minimum absolute atomic E-state index is 0.0504. The summed E-state index contributed by atoms with van der Waals surface area (Å²) in [5.74, 6) is 0.199. The summed E-state index contributed by atoms with van der Waals surface area (Å²) in [4.78, 5) is 13.9. The Morgan fingerprint density at radius 2 is 1.81 bits per heavy atom. The van der Waals surface area contributed by atoms with Gasteiger partial charge in [0.05, 0.1) is 17.7 Å². The second kappa shape index (κ2) is 8.20. The highest BCUT2D eigenvalue weighted by Gasteiger charge is 2.19. The Morgan fingerprint density at radius 3 is 2.38 bits per heavy atom. The van der Waals surface area contributed by atoms with Gasteiger partial charge in [0.1, 0.15) is 5.75 Å². The Hall–Kier alpha value is -2.58. The average Bonchev–Trinajstić information content (AvgIpc) is 2.66. The van der Waals surface area contributed by atoms with Gasteiger partial charge in [-0.05, 0) is 43.3 Å². The van der Waals surface area contributed by atoms with Crippen LogP contribution in [0.25, 0.3) is 0 Å². The summed E-state index contributed by atoms with van der Waals surface area (Å²) >= 11 is 0. The van der Waals surface area contributed by atoms with Crippen molar-refractivity contribution in [2.75, 3.05) is 25.4 Å². The van der Waals surface area contributed by atoms with Crippen molar-refractivity contribution in [2.45, 2.75) is 17.9 Å². The molecule has 0 aromatic heterocycles. The second-order valence-electron chi connectivity index (χ2n) is 5.83. The predicted octanol–water partition coefficient (Wildman–Crippen LogP) is 1.92. The zero-order chi connectivity index (χ0) is 19.3. The zero-order valence-electron chi connectivity index (χ0n) is 15.0. The molecule has 0 radical (unpaired) electrons. The number of hydrogen-bond donors (Lipinski definition) is 2. The number of benzene rings is 2. The summed E-state index contributed by atoms with van der Waals surface area (Å²) in [5.41, 5.74) is 6.31. The molecule has 140 valence electrons. The Bertz CT molecular complexity index is 866. The van der Waals surface area contributed by atoms with E-state index in [2.05, 4.69) is 4.72 Å². The number of rotatable bonds is 7. The van der Waals surface area contributed by atoms with E-state index in [1.165, 1.54) is 36.3 Å². The third-order valence-corrected chi connectivity index (χ3v) is 5.47. The zero-order valence-corrected chi connectivity index (χ0v) is 15.8. The minimum atomic E-state index is -3.80. The topological polar surface area (TPSA) is 102 Å². The lowest BCUT2D eigenvalue weighted by Gasteiger charge is -2.23. The van der Waals surface area contributed by atoms with Gasteiger partial charge in [0, 0.05) is 25.2 Å². The predicted molar refractivity (Wildman–Crippen MR) is 101 cm³/mol. The molecule has 3 N–H and O–H groups in total. The molecule has 1 atom stereocenters. The average molecular weight is 377 g/mol. The van der Waals surface area contributed by atoms with Crippen LogP contribution in [0.15, 0.2) is 53.4 Å². The first kappa shape index (κ1) is 19.7. The molecule has 1 amide bonds. The van der Waals surface area contributed by atoms with E-state index < -0.39 is 10.0 Å². The van der Waals surface area contributed by atoms with Gasteiger partial charge < -0.3 is 15.4 Å². The Balaban J connectivity index is 2.22. The number of nitrogens with zero attached hydrogens (tertiary/aromatic N) is 1. The molecule has 0 heterocycles. The first-order chi connectivity index (χ1) is 12.3. The van der Waals surface area contributed by atoms with E-state index in [4.69, 9.17) is 10.5 Å². The Labute approximate surface area is 153 Å². The van der Waals surface area contributed by atoms with Gasteiger partial charge in [0.2, 0.25) is 0 Å². The van der Waals surface area contributed by atoms with Gasteiger partial charge in [-0.25, -0.2) is 8.42 Å². The van der Waals surface area contributed by atoms with Gasteiger partial charge in [0.25, 0.3) is 15.9 Å². The van der Waals surface area contributed by atoms with E-state index >= 15 is 0 Å². The van der Waals surface area contributed by atoms with Crippen molar-refractivity contribution >= 4 is 21.6 Å².